The van der Waals surface area contributed by atoms with E-state index >= 15 is 0 Å². The SMILES string of the molecule is CCC1(C)CCCN1C[C@H](Cc1ccc2c(c1)OCCO2)NC(=O)CCOc1ccc(OC)cc1. The molecule has 7 nitrogen and oxygen atoms in total. The normalized spacial score (nSPS) is 20.3. The number of carbonyl (C=O) groups excluding carboxylic acids is 1. The predicted octanol–water partition coefficient (Wildman–Crippen LogP) is 4.23. The van der Waals surface area contributed by atoms with Crippen LogP contribution in [0.4, 0.5) is 0 Å². The Labute approximate surface area is 208 Å². The molecule has 1 unspecified atom stereocenters. The summed E-state index contributed by atoms with van der Waals surface area (Å²) in [5, 5.41) is 3.29. The zero-order valence-electron chi connectivity index (χ0n) is 21.2. The monoisotopic (exact) mass is 482 g/mol. The van der Waals surface area contributed by atoms with Gasteiger partial charge in [0.05, 0.1) is 20.1 Å². The van der Waals surface area contributed by atoms with Gasteiger partial charge >= 0.3 is 0 Å². The number of ether oxygens (including phenoxy) is 4. The van der Waals surface area contributed by atoms with Crippen LogP contribution in [0.3, 0.4) is 0 Å². The quantitative estimate of drug-likeness (QED) is 0.517. The van der Waals surface area contributed by atoms with E-state index in [9.17, 15) is 4.79 Å². The minimum absolute atomic E-state index is 0.00143. The number of nitrogens with zero attached hydrogens (tertiary/aromatic N) is 1. The Balaban J connectivity index is 1.38. The van der Waals surface area contributed by atoms with Crippen LogP contribution < -0.4 is 24.3 Å². The number of carbonyl (C=O) groups is 1. The average Bonchev–Trinajstić information content (AvgIpc) is 3.24. The highest BCUT2D eigenvalue weighted by molar-refractivity contribution is 5.76. The van der Waals surface area contributed by atoms with Gasteiger partial charge in [-0.25, -0.2) is 0 Å². The standard InChI is InChI=1S/C28H38N2O5/c1-4-28(2)13-5-14-30(28)20-22(18-21-6-11-25-26(19-21)35-17-16-34-25)29-27(31)12-15-33-24-9-7-23(32-3)8-10-24/h6-11,19,22H,4-5,12-18,20H2,1-3H3,(H,29,31)/t22-,28?/m0/s1. The van der Waals surface area contributed by atoms with Gasteiger partial charge in [-0.1, -0.05) is 13.0 Å². The third kappa shape index (κ3) is 6.60. The summed E-state index contributed by atoms with van der Waals surface area (Å²) in [5.74, 6) is 3.07. The maximum absolute atomic E-state index is 12.9. The number of likely N-dealkylation sites (tertiary alicyclic amines) is 1. The lowest BCUT2D eigenvalue weighted by Gasteiger charge is -2.37. The van der Waals surface area contributed by atoms with Gasteiger partial charge in [-0.05, 0) is 81.1 Å². The van der Waals surface area contributed by atoms with Gasteiger partial charge in [0.25, 0.3) is 0 Å². The Morgan fingerprint density at radius 3 is 2.60 bits per heavy atom. The smallest absolute Gasteiger partial charge is 0.223 e. The third-order valence-electron chi connectivity index (χ3n) is 7.22. The van der Waals surface area contributed by atoms with Crippen molar-refractivity contribution < 1.29 is 23.7 Å². The van der Waals surface area contributed by atoms with E-state index in [0.717, 1.165) is 54.5 Å². The van der Waals surface area contributed by atoms with Crippen LogP contribution in [-0.4, -0.2) is 62.4 Å². The number of amides is 1. The number of nitrogens with one attached hydrogen (secondary N) is 1. The van der Waals surface area contributed by atoms with Crippen molar-refractivity contribution in [3.63, 3.8) is 0 Å². The third-order valence-corrected chi connectivity index (χ3v) is 7.22. The number of methoxy groups -OCH3 is 1. The molecule has 2 aromatic rings. The van der Waals surface area contributed by atoms with Crippen LogP contribution in [0.15, 0.2) is 42.5 Å². The molecule has 1 amide bonds. The first-order chi connectivity index (χ1) is 17.0. The van der Waals surface area contributed by atoms with Crippen LogP contribution in [0.5, 0.6) is 23.0 Å². The molecule has 1 N–H and O–H groups in total. The molecule has 2 aromatic carbocycles. The lowest BCUT2D eigenvalue weighted by molar-refractivity contribution is -0.122. The van der Waals surface area contributed by atoms with Gasteiger partial charge in [-0.3, -0.25) is 9.69 Å². The first kappa shape index (κ1) is 25.2. The van der Waals surface area contributed by atoms with Crippen LogP contribution in [0.25, 0.3) is 0 Å². The van der Waals surface area contributed by atoms with E-state index in [1.807, 2.05) is 36.4 Å². The van der Waals surface area contributed by atoms with Crippen molar-refractivity contribution in [3.8, 4) is 23.0 Å². The van der Waals surface area contributed by atoms with Crippen molar-refractivity contribution in [2.24, 2.45) is 0 Å². The molecular weight excluding hydrogens is 444 g/mol. The Bertz CT molecular complexity index is 980. The summed E-state index contributed by atoms with van der Waals surface area (Å²) >= 11 is 0. The van der Waals surface area contributed by atoms with E-state index < -0.39 is 0 Å². The van der Waals surface area contributed by atoms with E-state index in [4.69, 9.17) is 18.9 Å². The maximum atomic E-state index is 12.9. The first-order valence-corrected chi connectivity index (χ1v) is 12.7. The highest BCUT2D eigenvalue weighted by Crippen LogP contribution is 2.33. The molecule has 0 bridgehead atoms. The first-order valence-electron chi connectivity index (χ1n) is 12.7. The summed E-state index contributed by atoms with van der Waals surface area (Å²) in [5.41, 5.74) is 1.32. The Morgan fingerprint density at radius 1 is 1.11 bits per heavy atom. The Morgan fingerprint density at radius 2 is 1.86 bits per heavy atom. The predicted molar refractivity (Wildman–Crippen MR) is 136 cm³/mol. The molecule has 2 heterocycles. The number of hydrogen-bond donors (Lipinski definition) is 1. The summed E-state index contributed by atoms with van der Waals surface area (Å²) in [6, 6.07) is 13.5. The van der Waals surface area contributed by atoms with Crippen molar-refractivity contribution in [1.82, 2.24) is 10.2 Å². The minimum atomic E-state index is -0.00461. The lowest BCUT2D eigenvalue weighted by atomic mass is 9.94. The van der Waals surface area contributed by atoms with Crippen molar-refractivity contribution in [3.05, 3.63) is 48.0 Å². The number of fused-ring (bicyclic) bond motifs is 1. The molecule has 2 atom stereocenters. The number of hydrogen-bond acceptors (Lipinski definition) is 6. The molecule has 2 aliphatic rings. The fourth-order valence-corrected chi connectivity index (χ4v) is 4.95. The summed E-state index contributed by atoms with van der Waals surface area (Å²) in [7, 11) is 1.63. The molecule has 0 spiro atoms. The van der Waals surface area contributed by atoms with Crippen molar-refractivity contribution in [1.29, 1.82) is 0 Å². The van der Waals surface area contributed by atoms with Crippen LogP contribution in [0, 0.1) is 0 Å². The molecule has 0 saturated carbocycles. The summed E-state index contributed by atoms with van der Waals surface area (Å²) < 4.78 is 22.4. The van der Waals surface area contributed by atoms with E-state index in [1.165, 1.54) is 12.8 Å². The largest absolute Gasteiger partial charge is 0.497 e. The topological polar surface area (TPSA) is 69.3 Å². The molecule has 4 rings (SSSR count). The average molecular weight is 483 g/mol. The van der Waals surface area contributed by atoms with Crippen molar-refractivity contribution in [2.75, 3.05) is 40.0 Å². The fourth-order valence-electron chi connectivity index (χ4n) is 4.95. The van der Waals surface area contributed by atoms with Gasteiger partial charge in [0.15, 0.2) is 11.5 Å². The molecule has 7 heteroatoms. The molecule has 1 fully saturated rings. The van der Waals surface area contributed by atoms with Gasteiger partial charge in [0, 0.05) is 18.1 Å². The van der Waals surface area contributed by atoms with Crippen LogP contribution in [0.2, 0.25) is 0 Å². The van der Waals surface area contributed by atoms with Crippen LogP contribution >= 0.6 is 0 Å². The van der Waals surface area contributed by atoms with E-state index in [0.29, 0.717) is 26.2 Å². The second-order valence-corrected chi connectivity index (χ2v) is 9.62. The molecule has 0 radical (unpaired) electrons. The summed E-state index contributed by atoms with van der Waals surface area (Å²) in [4.78, 5) is 15.4. The zero-order chi connectivity index (χ0) is 24.7. The highest BCUT2D eigenvalue weighted by atomic mass is 16.6. The minimum Gasteiger partial charge on any atom is -0.497 e. The van der Waals surface area contributed by atoms with Crippen LogP contribution in [0.1, 0.15) is 45.1 Å². The van der Waals surface area contributed by atoms with E-state index in [2.05, 4.69) is 30.1 Å². The fraction of sp³-hybridized carbons (Fsp3) is 0.536. The second kappa shape index (κ2) is 11.7. The molecule has 0 aromatic heterocycles. The van der Waals surface area contributed by atoms with E-state index in [-0.39, 0.29) is 17.5 Å². The number of benzene rings is 2. The van der Waals surface area contributed by atoms with Crippen molar-refractivity contribution >= 4 is 5.91 Å². The zero-order valence-corrected chi connectivity index (χ0v) is 21.2. The molecular formula is C28H38N2O5. The Hall–Kier alpha value is -2.93. The van der Waals surface area contributed by atoms with Crippen LogP contribution in [-0.2, 0) is 11.2 Å². The number of rotatable bonds is 11. The molecule has 0 aliphatic carbocycles. The van der Waals surface area contributed by atoms with Gasteiger partial charge in [0.1, 0.15) is 24.7 Å². The maximum Gasteiger partial charge on any atom is 0.223 e. The molecule has 190 valence electrons. The van der Waals surface area contributed by atoms with Crippen molar-refractivity contribution in [2.45, 2.75) is 57.5 Å². The van der Waals surface area contributed by atoms with Gasteiger partial charge in [-0.2, -0.15) is 0 Å². The second-order valence-electron chi connectivity index (χ2n) is 9.62. The molecule has 2 aliphatic heterocycles. The van der Waals surface area contributed by atoms with Gasteiger partial charge in [0.2, 0.25) is 5.91 Å². The van der Waals surface area contributed by atoms with E-state index in [1.54, 1.807) is 7.11 Å². The molecule has 1 saturated heterocycles. The molecule has 35 heavy (non-hydrogen) atoms. The summed E-state index contributed by atoms with van der Waals surface area (Å²) in [6.45, 7) is 7.95. The lowest BCUT2D eigenvalue weighted by Crippen LogP contribution is -2.50. The van der Waals surface area contributed by atoms with Gasteiger partial charge in [-0.15, -0.1) is 0 Å². The van der Waals surface area contributed by atoms with Gasteiger partial charge < -0.3 is 24.3 Å². The summed E-state index contributed by atoms with van der Waals surface area (Å²) in [6.07, 6.45) is 4.54. The highest BCUT2D eigenvalue weighted by Gasteiger charge is 2.36. The Kier molecular flexibility index (Phi) is 8.39.